The van der Waals surface area contributed by atoms with Crippen molar-refractivity contribution < 1.29 is 9.32 Å². The molecule has 2 amide bonds. The van der Waals surface area contributed by atoms with E-state index in [-0.39, 0.29) is 12.6 Å². The second-order valence-corrected chi connectivity index (χ2v) is 4.79. The fourth-order valence-electron chi connectivity index (χ4n) is 1.82. The minimum Gasteiger partial charge on any atom is -0.337 e. The molecule has 0 fully saturated rings. The van der Waals surface area contributed by atoms with Crippen LogP contribution in [0, 0.1) is 0 Å². The SMILES string of the molecule is CCN(CC)C(=O)NCc1nc(-c2ccc(Cl)cc2)no1. The zero-order valence-electron chi connectivity index (χ0n) is 12.0. The molecule has 0 saturated carbocycles. The summed E-state index contributed by atoms with van der Waals surface area (Å²) in [6.07, 6.45) is 0. The molecule has 1 aromatic heterocycles. The predicted octanol–water partition coefficient (Wildman–Crippen LogP) is 2.94. The van der Waals surface area contributed by atoms with Crippen molar-refractivity contribution in [3.05, 3.63) is 35.2 Å². The van der Waals surface area contributed by atoms with Gasteiger partial charge in [0, 0.05) is 23.7 Å². The average Bonchev–Trinajstić information content (AvgIpc) is 2.96. The van der Waals surface area contributed by atoms with Gasteiger partial charge in [-0.15, -0.1) is 0 Å². The maximum atomic E-state index is 11.8. The molecule has 0 saturated heterocycles. The number of rotatable bonds is 5. The molecule has 21 heavy (non-hydrogen) atoms. The van der Waals surface area contributed by atoms with Crippen molar-refractivity contribution >= 4 is 17.6 Å². The van der Waals surface area contributed by atoms with Crippen molar-refractivity contribution in [3.8, 4) is 11.4 Å². The summed E-state index contributed by atoms with van der Waals surface area (Å²) in [5, 5.41) is 7.28. The summed E-state index contributed by atoms with van der Waals surface area (Å²) in [6.45, 7) is 5.36. The summed E-state index contributed by atoms with van der Waals surface area (Å²) in [7, 11) is 0. The van der Waals surface area contributed by atoms with Crippen LogP contribution in [0.1, 0.15) is 19.7 Å². The first-order valence-corrected chi connectivity index (χ1v) is 7.13. The van der Waals surface area contributed by atoms with Crippen molar-refractivity contribution in [2.45, 2.75) is 20.4 Å². The molecular weight excluding hydrogens is 292 g/mol. The normalized spacial score (nSPS) is 10.4. The van der Waals surface area contributed by atoms with Crippen LogP contribution < -0.4 is 5.32 Å². The van der Waals surface area contributed by atoms with Crippen molar-refractivity contribution in [1.29, 1.82) is 0 Å². The Morgan fingerprint density at radius 1 is 1.29 bits per heavy atom. The zero-order valence-corrected chi connectivity index (χ0v) is 12.7. The van der Waals surface area contributed by atoms with E-state index in [2.05, 4.69) is 15.5 Å². The molecule has 0 bridgehead atoms. The van der Waals surface area contributed by atoms with E-state index in [9.17, 15) is 4.79 Å². The Morgan fingerprint density at radius 3 is 2.57 bits per heavy atom. The number of nitrogens with zero attached hydrogens (tertiary/aromatic N) is 3. The van der Waals surface area contributed by atoms with Gasteiger partial charge < -0.3 is 14.7 Å². The number of carbonyl (C=O) groups excluding carboxylic acids is 1. The zero-order chi connectivity index (χ0) is 15.2. The predicted molar refractivity (Wildman–Crippen MR) is 79.9 cm³/mol. The molecule has 112 valence electrons. The molecule has 0 atom stereocenters. The quantitative estimate of drug-likeness (QED) is 0.922. The van der Waals surface area contributed by atoms with E-state index in [1.54, 1.807) is 17.0 Å². The molecule has 7 heteroatoms. The van der Waals surface area contributed by atoms with Gasteiger partial charge in [0.05, 0.1) is 6.54 Å². The highest BCUT2D eigenvalue weighted by molar-refractivity contribution is 6.30. The Balaban J connectivity index is 1.97. The molecule has 1 N–H and O–H groups in total. The summed E-state index contributed by atoms with van der Waals surface area (Å²) in [5.74, 6) is 0.833. The lowest BCUT2D eigenvalue weighted by atomic mass is 10.2. The van der Waals surface area contributed by atoms with E-state index in [1.165, 1.54) is 0 Å². The molecule has 2 rings (SSSR count). The summed E-state index contributed by atoms with van der Waals surface area (Å²) < 4.78 is 5.12. The first-order valence-electron chi connectivity index (χ1n) is 6.75. The van der Waals surface area contributed by atoms with Crippen molar-refractivity contribution in [2.24, 2.45) is 0 Å². The lowest BCUT2D eigenvalue weighted by Crippen LogP contribution is -2.39. The molecule has 1 aromatic carbocycles. The minimum atomic E-state index is -0.147. The molecule has 0 radical (unpaired) electrons. The fraction of sp³-hybridized carbons (Fsp3) is 0.357. The molecule has 0 unspecified atom stereocenters. The maximum absolute atomic E-state index is 11.8. The Hall–Kier alpha value is -2.08. The first kappa shape index (κ1) is 15.3. The van der Waals surface area contributed by atoms with Gasteiger partial charge >= 0.3 is 6.03 Å². The van der Waals surface area contributed by atoms with Gasteiger partial charge in [0.2, 0.25) is 11.7 Å². The van der Waals surface area contributed by atoms with Gasteiger partial charge in [-0.05, 0) is 38.1 Å². The molecule has 0 aliphatic rings. The molecular formula is C14H17ClN4O2. The number of nitrogens with one attached hydrogen (secondary N) is 1. The van der Waals surface area contributed by atoms with Crippen LogP contribution in [0.4, 0.5) is 4.79 Å². The van der Waals surface area contributed by atoms with Crippen LogP contribution in [0.25, 0.3) is 11.4 Å². The number of amides is 2. The number of carbonyl (C=O) groups is 1. The molecule has 1 heterocycles. The number of hydrogen-bond acceptors (Lipinski definition) is 4. The van der Waals surface area contributed by atoms with Gasteiger partial charge in [0.1, 0.15) is 0 Å². The first-order chi connectivity index (χ1) is 10.1. The Bertz CT molecular complexity index is 593. The lowest BCUT2D eigenvalue weighted by molar-refractivity contribution is 0.201. The maximum Gasteiger partial charge on any atom is 0.317 e. The van der Waals surface area contributed by atoms with Crippen molar-refractivity contribution in [1.82, 2.24) is 20.4 Å². The average molecular weight is 309 g/mol. The van der Waals surface area contributed by atoms with E-state index in [1.807, 2.05) is 26.0 Å². The number of halogens is 1. The smallest absolute Gasteiger partial charge is 0.317 e. The fourth-order valence-corrected chi connectivity index (χ4v) is 1.94. The molecule has 0 aliphatic heterocycles. The third kappa shape index (κ3) is 3.95. The van der Waals surface area contributed by atoms with Crippen LogP contribution in [0.3, 0.4) is 0 Å². The standard InChI is InChI=1S/C14H17ClN4O2/c1-3-19(4-2)14(20)16-9-12-17-13(18-21-12)10-5-7-11(15)8-6-10/h5-8H,3-4,9H2,1-2H3,(H,16,20). The molecule has 0 spiro atoms. The summed E-state index contributed by atoms with van der Waals surface area (Å²) >= 11 is 5.83. The van der Waals surface area contributed by atoms with Gasteiger partial charge in [0.25, 0.3) is 0 Å². The van der Waals surface area contributed by atoms with Crippen LogP contribution in [-0.2, 0) is 6.54 Å². The third-order valence-corrected chi connectivity index (χ3v) is 3.26. The van der Waals surface area contributed by atoms with Crippen LogP contribution in [0.5, 0.6) is 0 Å². The largest absolute Gasteiger partial charge is 0.337 e. The van der Waals surface area contributed by atoms with Gasteiger partial charge in [0.15, 0.2) is 0 Å². The highest BCUT2D eigenvalue weighted by Gasteiger charge is 2.12. The molecule has 6 nitrogen and oxygen atoms in total. The van der Waals surface area contributed by atoms with Crippen LogP contribution in [0.15, 0.2) is 28.8 Å². The topological polar surface area (TPSA) is 71.3 Å². The Morgan fingerprint density at radius 2 is 1.95 bits per heavy atom. The molecule has 2 aromatic rings. The second-order valence-electron chi connectivity index (χ2n) is 4.35. The van der Waals surface area contributed by atoms with Crippen LogP contribution in [0.2, 0.25) is 5.02 Å². The van der Waals surface area contributed by atoms with E-state index in [4.69, 9.17) is 16.1 Å². The highest BCUT2D eigenvalue weighted by atomic mass is 35.5. The Kier molecular flexibility index (Phi) is 5.16. The number of urea groups is 1. The van der Waals surface area contributed by atoms with Gasteiger partial charge in [-0.1, -0.05) is 16.8 Å². The van der Waals surface area contributed by atoms with Gasteiger partial charge in [-0.3, -0.25) is 0 Å². The van der Waals surface area contributed by atoms with Gasteiger partial charge in [-0.25, -0.2) is 4.79 Å². The second kappa shape index (κ2) is 7.08. The van der Waals surface area contributed by atoms with Crippen molar-refractivity contribution in [3.63, 3.8) is 0 Å². The summed E-state index contributed by atoms with van der Waals surface area (Å²) in [5.41, 5.74) is 0.810. The van der Waals surface area contributed by atoms with E-state index < -0.39 is 0 Å². The lowest BCUT2D eigenvalue weighted by Gasteiger charge is -2.18. The van der Waals surface area contributed by atoms with E-state index in [0.717, 1.165) is 5.56 Å². The third-order valence-electron chi connectivity index (χ3n) is 3.01. The monoisotopic (exact) mass is 308 g/mol. The summed E-state index contributed by atoms with van der Waals surface area (Å²) in [6, 6.07) is 6.99. The summed E-state index contributed by atoms with van der Waals surface area (Å²) in [4.78, 5) is 17.7. The number of hydrogen-bond donors (Lipinski definition) is 1. The van der Waals surface area contributed by atoms with E-state index in [0.29, 0.717) is 29.8 Å². The minimum absolute atomic E-state index is 0.147. The van der Waals surface area contributed by atoms with E-state index >= 15 is 0 Å². The highest BCUT2D eigenvalue weighted by Crippen LogP contribution is 2.18. The van der Waals surface area contributed by atoms with Crippen molar-refractivity contribution in [2.75, 3.05) is 13.1 Å². The van der Waals surface area contributed by atoms with Crippen LogP contribution >= 0.6 is 11.6 Å². The number of benzene rings is 1. The molecule has 0 aliphatic carbocycles. The van der Waals surface area contributed by atoms with Gasteiger partial charge in [-0.2, -0.15) is 4.98 Å². The Labute approximate surface area is 128 Å². The van der Waals surface area contributed by atoms with Crippen LogP contribution in [-0.4, -0.2) is 34.2 Å². The number of aromatic nitrogens is 2.